The average Bonchev–Trinajstić information content (AvgIpc) is 2.64. The standard InChI is InChI=1S/C14H17ClFNO/c1-4-17-7-12-13(8(2)3)10-5-9(16)6-11(15)14(10)18-12/h5-6,8,17H,4,7H2,1-3H3. The van der Waals surface area contributed by atoms with Gasteiger partial charge in [0.15, 0.2) is 5.58 Å². The third-order valence-corrected chi connectivity index (χ3v) is 3.22. The zero-order valence-corrected chi connectivity index (χ0v) is 11.6. The Morgan fingerprint density at radius 3 is 2.72 bits per heavy atom. The van der Waals surface area contributed by atoms with Gasteiger partial charge in [0, 0.05) is 10.9 Å². The molecule has 0 saturated heterocycles. The molecule has 18 heavy (non-hydrogen) atoms. The summed E-state index contributed by atoms with van der Waals surface area (Å²) in [6, 6.07) is 2.78. The van der Waals surface area contributed by atoms with Crippen LogP contribution in [-0.4, -0.2) is 6.54 Å². The van der Waals surface area contributed by atoms with E-state index in [1.165, 1.54) is 12.1 Å². The summed E-state index contributed by atoms with van der Waals surface area (Å²) in [5.74, 6) is 0.775. The Hall–Kier alpha value is -1.06. The molecular weight excluding hydrogens is 253 g/mol. The van der Waals surface area contributed by atoms with Crippen molar-refractivity contribution in [2.45, 2.75) is 33.2 Å². The Balaban J connectivity index is 2.63. The third-order valence-electron chi connectivity index (χ3n) is 2.94. The van der Waals surface area contributed by atoms with Crippen molar-refractivity contribution in [2.24, 2.45) is 0 Å². The molecule has 0 radical (unpaired) electrons. The second kappa shape index (κ2) is 5.29. The van der Waals surface area contributed by atoms with Gasteiger partial charge in [0.25, 0.3) is 0 Å². The molecule has 1 aromatic carbocycles. The molecule has 1 heterocycles. The van der Waals surface area contributed by atoms with Crippen LogP contribution in [-0.2, 0) is 6.54 Å². The highest BCUT2D eigenvalue weighted by Crippen LogP contribution is 2.36. The minimum atomic E-state index is -0.329. The second-order valence-corrected chi connectivity index (χ2v) is 5.05. The number of nitrogens with one attached hydrogen (secondary N) is 1. The Kier molecular flexibility index (Phi) is 3.93. The lowest BCUT2D eigenvalue weighted by atomic mass is 9.99. The van der Waals surface area contributed by atoms with Crippen molar-refractivity contribution in [2.75, 3.05) is 6.54 Å². The number of halogens is 2. The van der Waals surface area contributed by atoms with Crippen molar-refractivity contribution < 1.29 is 8.81 Å². The van der Waals surface area contributed by atoms with Gasteiger partial charge in [-0.2, -0.15) is 0 Å². The van der Waals surface area contributed by atoms with Crippen LogP contribution in [0.15, 0.2) is 16.5 Å². The van der Waals surface area contributed by atoms with Crippen molar-refractivity contribution in [1.29, 1.82) is 0 Å². The molecule has 2 rings (SSSR count). The molecule has 0 unspecified atom stereocenters. The molecule has 1 N–H and O–H groups in total. The van der Waals surface area contributed by atoms with Crippen molar-refractivity contribution in [3.8, 4) is 0 Å². The molecule has 4 heteroatoms. The predicted octanol–water partition coefficient (Wildman–Crippen LogP) is 4.46. The highest BCUT2D eigenvalue weighted by molar-refractivity contribution is 6.34. The highest BCUT2D eigenvalue weighted by atomic mass is 35.5. The van der Waals surface area contributed by atoms with E-state index in [0.29, 0.717) is 17.2 Å². The summed E-state index contributed by atoms with van der Waals surface area (Å²) in [7, 11) is 0. The minimum Gasteiger partial charge on any atom is -0.458 e. The summed E-state index contributed by atoms with van der Waals surface area (Å²) >= 11 is 6.03. The number of hydrogen-bond donors (Lipinski definition) is 1. The van der Waals surface area contributed by atoms with Crippen LogP contribution in [0, 0.1) is 5.82 Å². The van der Waals surface area contributed by atoms with Crippen LogP contribution in [0.25, 0.3) is 11.0 Å². The van der Waals surface area contributed by atoms with Crippen molar-refractivity contribution in [3.05, 3.63) is 34.3 Å². The molecule has 0 aliphatic rings. The van der Waals surface area contributed by atoms with Crippen LogP contribution in [0.1, 0.15) is 38.0 Å². The van der Waals surface area contributed by atoms with E-state index in [-0.39, 0.29) is 11.7 Å². The number of hydrogen-bond acceptors (Lipinski definition) is 2. The normalized spacial score (nSPS) is 11.7. The molecule has 98 valence electrons. The molecule has 0 bridgehead atoms. The molecule has 0 spiro atoms. The monoisotopic (exact) mass is 269 g/mol. The number of furan rings is 1. The molecule has 2 aromatic rings. The molecule has 1 aromatic heterocycles. The lowest BCUT2D eigenvalue weighted by Gasteiger charge is -2.06. The summed E-state index contributed by atoms with van der Waals surface area (Å²) in [6.45, 7) is 7.66. The van der Waals surface area contributed by atoms with Crippen LogP contribution in [0.3, 0.4) is 0 Å². The van der Waals surface area contributed by atoms with E-state index < -0.39 is 0 Å². The largest absolute Gasteiger partial charge is 0.458 e. The van der Waals surface area contributed by atoms with Gasteiger partial charge in [-0.15, -0.1) is 0 Å². The molecule has 0 aliphatic carbocycles. The van der Waals surface area contributed by atoms with Gasteiger partial charge >= 0.3 is 0 Å². The van der Waals surface area contributed by atoms with E-state index in [0.717, 1.165) is 23.3 Å². The SMILES string of the molecule is CCNCc1oc2c(Cl)cc(F)cc2c1C(C)C. The van der Waals surface area contributed by atoms with Gasteiger partial charge < -0.3 is 9.73 Å². The first-order valence-electron chi connectivity index (χ1n) is 6.15. The molecule has 0 amide bonds. The molecular formula is C14H17ClFNO. The van der Waals surface area contributed by atoms with Crippen molar-refractivity contribution in [3.63, 3.8) is 0 Å². The van der Waals surface area contributed by atoms with E-state index in [9.17, 15) is 4.39 Å². The zero-order valence-electron chi connectivity index (χ0n) is 10.8. The topological polar surface area (TPSA) is 25.2 Å². The Morgan fingerprint density at radius 2 is 2.11 bits per heavy atom. The maximum Gasteiger partial charge on any atom is 0.153 e. The van der Waals surface area contributed by atoms with Crippen LogP contribution < -0.4 is 5.32 Å². The average molecular weight is 270 g/mol. The van der Waals surface area contributed by atoms with Crippen molar-refractivity contribution in [1.82, 2.24) is 5.32 Å². The summed E-state index contributed by atoms with van der Waals surface area (Å²) in [4.78, 5) is 0. The molecule has 0 aliphatic heterocycles. The zero-order chi connectivity index (χ0) is 13.3. The first-order chi connectivity index (χ1) is 8.54. The van der Waals surface area contributed by atoms with Gasteiger partial charge in [-0.25, -0.2) is 4.39 Å². The first kappa shape index (κ1) is 13.4. The van der Waals surface area contributed by atoms with Crippen LogP contribution in [0.5, 0.6) is 0 Å². The van der Waals surface area contributed by atoms with Gasteiger partial charge in [-0.05, 0) is 24.6 Å². The quantitative estimate of drug-likeness (QED) is 0.887. The summed E-state index contributed by atoms with van der Waals surface area (Å²) < 4.78 is 19.2. The summed E-state index contributed by atoms with van der Waals surface area (Å²) in [6.07, 6.45) is 0. The first-order valence-corrected chi connectivity index (χ1v) is 6.53. The molecule has 0 fully saturated rings. The second-order valence-electron chi connectivity index (χ2n) is 4.64. The third kappa shape index (κ3) is 2.38. The van der Waals surface area contributed by atoms with Gasteiger partial charge in [-0.1, -0.05) is 32.4 Å². The van der Waals surface area contributed by atoms with Crippen molar-refractivity contribution >= 4 is 22.6 Å². The maximum absolute atomic E-state index is 13.5. The Bertz CT molecular complexity index is 562. The highest BCUT2D eigenvalue weighted by Gasteiger charge is 2.19. The maximum atomic E-state index is 13.5. The lowest BCUT2D eigenvalue weighted by Crippen LogP contribution is -2.12. The van der Waals surface area contributed by atoms with Gasteiger partial charge in [0.1, 0.15) is 11.6 Å². The van der Waals surface area contributed by atoms with Gasteiger partial charge in [-0.3, -0.25) is 0 Å². The lowest BCUT2D eigenvalue weighted by molar-refractivity contribution is 0.510. The van der Waals surface area contributed by atoms with Crippen LogP contribution >= 0.6 is 11.6 Å². The minimum absolute atomic E-state index is 0.262. The fraction of sp³-hybridized carbons (Fsp3) is 0.429. The van der Waals surface area contributed by atoms with Crippen LogP contribution in [0.2, 0.25) is 5.02 Å². The summed E-state index contributed by atoms with van der Waals surface area (Å²) in [5.41, 5.74) is 1.61. The fourth-order valence-corrected chi connectivity index (χ4v) is 2.44. The molecule has 0 saturated carbocycles. The fourth-order valence-electron chi connectivity index (χ4n) is 2.20. The smallest absolute Gasteiger partial charge is 0.153 e. The van der Waals surface area contributed by atoms with Crippen LogP contribution in [0.4, 0.5) is 4.39 Å². The predicted molar refractivity (Wildman–Crippen MR) is 72.7 cm³/mol. The number of rotatable bonds is 4. The summed E-state index contributed by atoms with van der Waals surface area (Å²) in [5, 5.41) is 4.33. The molecule has 0 atom stereocenters. The van der Waals surface area contributed by atoms with E-state index in [4.69, 9.17) is 16.0 Å². The Labute approximate surface area is 111 Å². The molecule has 2 nitrogen and oxygen atoms in total. The van der Waals surface area contributed by atoms with E-state index in [2.05, 4.69) is 19.2 Å². The van der Waals surface area contributed by atoms with E-state index in [1.807, 2.05) is 6.92 Å². The number of benzene rings is 1. The Morgan fingerprint density at radius 1 is 1.39 bits per heavy atom. The van der Waals surface area contributed by atoms with Gasteiger partial charge in [0.2, 0.25) is 0 Å². The van der Waals surface area contributed by atoms with Gasteiger partial charge in [0.05, 0.1) is 11.6 Å². The van der Waals surface area contributed by atoms with E-state index >= 15 is 0 Å². The van der Waals surface area contributed by atoms with E-state index in [1.54, 1.807) is 0 Å². The number of fused-ring (bicyclic) bond motifs is 1.